The van der Waals surface area contributed by atoms with Gasteiger partial charge in [-0.2, -0.15) is 0 Å². The van der Waals surface area contributed by atoms with Gasteiger partial charge in [-0.25, -0.2) is 4.98 Å². The zero-order valence-electron chi connectivity index (χ0n) is 20.3. The van der Waals surface area contributed by atoms with Crippen molar-refractivity contribution in [1.82, 2.24) is 19.8 Å². The van der Waals surface area contributed by atoms with Crippen molar-refractivity contribution in [3.8, 4) is 5.69 Å². The van der Waals surface area contributed by atoms with Gasteiger partial charge in [0.2, 0.25) is 5.91 Å². The Morgan fingerprint density at radius 1 is 1.25 bits per heavy atom. The molecular formula is C26H32ClN5O4. The number of nitrogens with zero attached hydrogens (tertiary/aromatic N) is 3. The molecule has 1 unspecified atom stereocenters. The standard InChI is InChI=1S/C26H32ClN5O4/c1-15-22-20(27)12-32(24(22)21(33)13-36-15)26(35)23(16-5-7-18(28)8-6-16)30-25(34)17-3-2-4-19(11-17)31-10-9-29-14-31/h2-4,9-11,14-16,18,20,22-24H,5-8,12-13,28H2,1H3,(H,30,34)/t15?,16?,18?,20-,22+,23-,24+/m0/s1. The summed E-state index contributed by atoms with van der Waals surface area (Å²) in [6.45, 7) is 2.11. The van der Waals surface area contributed by atoms with Crippen LogP contribution >= 0.6 is 11.6 Å². The number of Topliss-reactive ketones (excluding diaryl/α,β-unsaturated/α-hetero) is 1. The number of halogens is 1. The molecular weight excluding hydrogens is 482 g/mol. The van der Waals surface area contributed by atoms with Crippen molar-refractivity contribution in [2.24, 2.45) is 17.6 Å². The summed E-state index contributed by atoms with van der Waals surface area (Å²) in [5.41, 5.74) is 7.36. The zero-order chi connectivity index (χ0) is 25.4. The monoisotopic (exact) mass is 513 g/mol. The van der Waals surface area contributed by atoms with Gasteiger partial charge in [-0.1, -0.05) is 6.07 Å². The molecule has 2 saturated heterocycles. The molecule has 2 aromatic rings. The first-order valence-electron chi connectivity index (χ1n) is 12.6. The fourth-order valence-electron chi connectivity index (χ4n) is 5.89. The molecule has 5 rings (SSSR count). The number of ketones is 1. The number of nitrogens with one attached hydrogen (secondary N) is 1. The summed E-state index contributed by atoms with van der Waals surface area (Å²) in [5, 5.41) is 2.63. The van der Waals surface area contributed by atoms with E-state index in [-0.39, 0.29) is 60.1 Å². The van der Waals surface area contributed by atoms with Crippen molar-refractivity contribution in [3.05, 3.63) is 48.5 Å². The first-order chi connectivity index (χ1) is 17.3. The van der Waals surface area contributed by atoms with Gasteiger partial charge in [-0.3, -0.25) is 14.4 Å². The maximum absolute atomic E-state index is 14.0. The SMILES string of the molecule is CC1OCC(=O)[C@@H]2[C@H]1[C@@H](Cl)CN2C(=O)[C@@H](NC(=O)c1cccc(-n2ccnc2)c1)C1CCC(N)CC1. The molecule has 9 nitrogen and oxygen atoms in total. The van der Waals surface area contributed by atoms with Crippen LogP contribution in [0.1, 0.15) is 43.0 Å². The fourth-order valence-corrected chi connectivity index (χ4v) is 6.38. The van der Waals surface area contributed by atoms with E-state index in [1.165, 1.54) is 0 Å². The highest BCUT2D eigenvalue weighted by Crippen LogP contribution is 2.37. The van der Waals surface area contributed by atoms with Crippen LogP contribution in [0.15, 0.2) is 43.0 Å². The summed E-state index contributed by atoms with van der Waals surface area (Å²) in [5.74, 6) is -1.07. The number of imidazole rings is 1. The maximum atomic E-state index is 14.0. The van der Waals surface area contributed by atoms with Crippen LogP contribution in [0.25, 0.3) is 5.69 Å². The lowest BCUT2D eigenvalue weighted by atomic mass is 9.81. The highest BCUT2D eigenvalue weighted by Gasteiger charge is 2.53. The molecule has 1 saturated carbocycles. The average Bonchev–Trinajstić information content (AvgIpc) is 3.54. The number of aromatic nitrogens is 2. The van der Waals surface area contributed by atoms with E-state index >= 15 is 0 Å². The van der Waals surface area contributed by atoms with E-state index in [4.69, 9.17) is 22.1 Å². The largest absolute Gasteiger partial charge is 0.370 e. The van der Waals surface area contributed by atoms with Crippen molar-refractivity contribution in [3.63, 3.8) is 0 Å². The van der Waals surface area contributed by atoms with Crippen molar-refractivity contribution >= 4 is 29.2 Å². The van der Waals surface area contributed by atoms with Crippen LogP contribution in [0.4, 0.5) is 0 Å². The maximum Gasteiger partial charge on any atom is 0.252 e. The molecule has 2 aliphatic heterocycles. The highest BCUT2D eigenvalue weighted by atomic mass is 35.5. The Labute approximate surface area is 215 Å². The third kappa shape index (κ3) is 4.79. The number of nitrogens with two attached hydrogens (primary N) is 1. The van der Waals surface area contributed by atoms with Gasteiger partial charge in [0.05, 0.1) is 23.9 Å². The Morgan fingerprint density at radius 3 is 2.75 bits per heavy atom. The van der Waals surface area contributed by atoms with Gasteiger partial charge in [-0.05, 0) is 56.7 Å². The van der Waals surface area contributed by atoms with Gasteiger partial charge in [-0.15, -0.1) is 11.6 Å². The van der Waals surface area contributed by atoms with E-state index in [0.29, 0.717) is 5.56 Å². The molecule has 2 amide bonds. The Balaban J connectivity index is 1.41. The van der Waals surface area contributed by atoms with Gasteiger partial charge >= 0.3 is 0 Å². The summed E-state index contributed by atoms with van der Waals surface area (Å²) >= 11 is 6.62. The van der Waals surface area contributed by atoms with Crippen molar-refractivity contribution in [2.75, 3.05) is 13.2 Å². The summed E-state index contributed by atoms with van der Waals surface area (Å²) < 4.78 is 7.40. The zero-order valence-corrected chi connectivity index (χ0v) is 21.0. The summed E-state index contributed by atoms with van der Waals surface area (Å²) in [6.07, 6.45) is 7.93. The number of benzene rings is 1. The molecule has 192 valence electrons. The van der Waals surface area contributed by atoms with E-state index in [9.17, 15) is 14.4 Å². The molecule has 1 aliphatic carbocycles. The summed E-state index contributed by atoms with van der Waals surface area (Å²) in [4.78, 5) is 45.9. The topological polar surface area (TPSA) is 120 Å². The van der Waals surface area contributed by atoms with E-state index in [1.54, 1.807) is 41.8 Å². The first-order valence-corrected chi connectivity index (χ1v) is 13.0. The Bertz CT molecular complexity index is 1120. The second kappa shape index (κ2) is 10.3. The minimum Gasteiger partial charge on any atom is -0.370 e. The molecule has 3 fully saturated rings. The summed E-state index contributed by atoms with van der Waals surface area (Å²) in [6, 6.07) is 5.87. The second-order valence-electron chi connectivity index (χ2n) is 10.2. The molecule has 1 aromatic carbocycles. The second-order valence-corrected chi connectivity index (χ2v) is 10.7. The molecule has 0 radical (unpaired) electrons. The van der Waals surface area contributed by atoms with Crippen LogP contribution in [-0.2, 0) is 14.3 Å². The van der Waals surface area contributed by atoms with Crippen LogP contribution < -0.4 is 11.1 Å². The number of carbonyl (C=O) groups is 3. The van der Waals surface area contributed by atoms with Gasteiger partial charge in [0, 0.05) is 42.1 Å². The number of rotatable bonds is 5. The van der Waals surface area contributed by atoms with E-state index < -0.39 is 12.1 Å². The third-order valence-corrected chi connectivity index (χ3v) is 8.31. The summed E-state index contributed by atoms with van der Waals surface area (Å²) in [7, 11) is 0. The number of fused-ring (bicyclic) bond motifs is 1. The minimum atomic E-state index is -0.768. The van der Waals surface area contributed by atoms with Gasteiger partial charge in [0.25, 0.3) is 5.91 Å². The molecule has 0 bridgehead atoms. The molecule has 36 heavy (non-hydrogen) atoms. The predicted molar refractivity (Wildman–Crippen MR) is 134 cm³/mol. The van der Waals surface area contributed by atoms with E-state index in [2.05, 4.69) is 10.3 Å². The van der Waals surface area contributed by atoms with Gasteiger partial charge in [0.15, 0.2) is 5.78 Å². The molecule has 0 spiro atoms. The van der Waals surface area contributed by atoms with E-state index in [0.717, 1.165) is 31.4 Å². The molecule has 3 aliphatic rings. The van der Waals surface area contributed by atoms with Crippen LogP contribution in [-0.4, -0.2) is 74.8 Å². The number of carbonyl (C=O) groups excluding carboxylic acids is 3. The first kappa shape index (κ1) is 24.9. The quantitative estimate of drug-likeness (QED) is 0.589. The average molecular weight is 514 g/mol. The van der Waals surface area contributed by atoms with Crippen LogP contribution in [0.2, 0.25) is 0 Å². The van der Waals surface area contributed by atoms with Crippen molar-refractivity contribution < 1.29 is 19.1 Å². The number of likely N-dealkylation sites (tertiary alicyclic amines) is 1. The Hall–Kier alpha value is -2.75. The Morgan fingerprint density at radius 2 is 2.03 bits per heavy atom. The molecule has 10 heteroatoms. The minimum absolute atomic E-state index is 0.0356. The van der Waals surface area contributed by atoms with Crippen molar-refractivity contribution in [1.29, 1.82) is 0 Å². The predicted octanol–water partition coefficient (Wildman–Crippen LogP) is 1.91. The Kier molecular flexibility index (Phi) is 7.14. The lowest BCUT2D eigenvalue weighted by Gasteiger charge is -2.38. The number of hydrogen-bond donors (Lipinski definition) is 2. The van der Waals surface area contributed by atoms with Crippen LogP contribution in [0.3, 0.4) is 0 Å². The number of ether oxygens (including phenoxy) is 1. The lowest BCUT2D eigenvalue weighted by Crippen LogP contribution is -2.58. The fraction of sp³-hybridized carbons (Fsp3) is 0.538. The molecule has 5 atom stereocenters. The smallest absolute Gasteiger partial charge is 0.252 e. The van der Waals surface area contributed by atoms with Crippen LogP contribution in [0, 0.1) is 11.8 Å². The molecule has 1 aromatic heterocycles. The molecule has 3 N–H and O–H groups in total. The van der Waals surface area contributed by atoms with E-state index in [1.807, 2.05) is 17.6 Å². The molecule has 3 heterocycles. The number of alkyl halides is 1. The van der Waals surface area contributed by atoms with Crippen LogP contribution in [0.5, 0.6) is 0 Å². The normalized spacial score (nSPS) is 31.1. The third-order valence-electron chi connectivity index (χ3n) is 7.88. The van der Waals surface area contributed by atoms with Gasteiger partial charge in [0.1, 0.15) is 12.6 Å². The number of hydrogen-bond acceptors (Lipinski definition) is 6. The van der Waals surface area contributed by atoms with Gasteiger partial charge < -0.3 is 25.3 Å². The van der Waals surface area contributed by atoms with Crippen molar-refractivity contribution in [2.45, 2.75) is 62.2 Å². The highest BCUT2D eigenvalue weighted by molar-refractivity contribution is 6.22. The number of amides is 2. The lowest BCUT2D eigenvalue weighted by molar-refractivity contribution is -0.150.